The molecule has 0 rings (SSSR count). The lowest BCUT2D eigenvalue weighted by molar-refractivity contribution is -0.0557. The minimum absolute atomic E-state index is 0.418. The molecule has 68 valence electrons. The zero-order chi connectivity index (χ0) is 8.91. The molecule has 6 nitrogen and oxygen atoms in total. The monoisotopic (exact) mass is 184 g/mol. The van der Waals surface area contributed by atoms with Crippen molar-refractivity contribution >= 4 is 7.82 Å². The van der Waals surface area contributed by atoms with Gasteiger partial charge in [-0.25, -0.2) is 4.57 Å². The van der Waals surface area contributed by atoms with Crippen LogP contribution >= 0.6 is 7.82 Å². The molecule has 3 N–H and O–H groups in total. The third-order valence-electron chi connectivity index (χ3n) is 0.922. The number of rotatable bonds is 5. The number of hydrogen-bond donors (Lipinski definition) is 3. The van der Waals surface area contributed by atoms with E-state index in [1.807, 2.05) is 0 Å². The number of phosphoric acid groups is 1. The van der Waals surface area contributed by atoms with Crippen LogP contribution in [-0.2, 0) is 9.19 Å². The quantitative estimate of drug-likeness (QED) is 0.382. The number of hydrogen-bond acceptors (Lipinski definition) is 4. The van der Waals surface area contributed by atoms with Crippen LogP contribution in [-0.4, -0.2) is 42.0 Å². The van der Waals surface area contributed by atoms with E-state index in [0.717, 1.165) is 5.06 Å². The van der Waals surface area contributed by atoms with Crippen molar-refractivity contribution in [3.8, 4) is 0 Å². The summed E-state index contributed by atoms with van der Waals surface area (Å²) in [5, 5.41) is 3.90. The zero-order valence-electron chi connectivity index (χ0n) is 6.52. The van der Waals surface area contributed by atoms with E-state index in [1.54, 1.807) is 7.05 Å². The molecule has 11 heavy (non-hydrogen) atoms. The molecule has 0 aliphatic rings. The molecule has 0 spiro atoms. The molecule has 0 aliphatic carbocycles. The van der Waals surface area contributed by atoms with Gasteiger partial charge in [0.2, 0.25) is 0 Å². The maximum Gasteiger partial charge on any atom is 0.486 e. The summed E-state index contributed by atoms with van der Waals surface area (Å²) in [7, 11) is -1.17. The maximum absolute atomic E-state index is 10.2. The molecule has 7 heteroatoms. The predicted molar refractivity (Wildman–Crippen MR) is 39.7 cm³/mol. The van der Waals surface area contributed by atoms with Gasteiger partial charge in [0, 0.05) is 20.1 Å². The van der Waals surface area contributed by atoms with Crippen LogP contribution in [0.15, 0.2) is 0 Å². The van der Waals surface area contributed by atoms with Crippen LogP contribution in [0.25, 0.3) is 0 Å². The minimum atomic E-state index is -4.36. The first-order valence-electron chi connectivity index (χ1n) is 3.06. The van der Waals surface area contributed by atoms with Crippen molar-refractivity contribution < 1.29 is 19.0 Å². The van der Waals surface area contributed by atoms with Crippen molar-refractivity contribution in [3.05, 3.63) is 0 Å². The molecule has 0 aromatic heterocycles. The molecule has 0 atom stereocenters. The molecule has 0 aromatic carbocycles. The highest BCUT2D eigenvalue weighted by atomic mass is 31.2. The average molecular weight is 184 g/mol. The Morgan fingerprint density at radius 1 is 1.64 bits per heavy atom. The van der Waals surface area contributed by atoms with E-state index >= 15 is 0 Å². The number of likely N-dealkylation sites (N-methyl/N-ethyl adjacent to an activating group) is 2. The van der Waals surface area contributed by atoms with Gasteiger partial charge < -0.3 is 15.1 Å². The lowest BCUT2D eigenvalue weighted by Crippen LogP contribution is -2.26. The lowest BCUT2D eigenvalue weighted by atomic mass is 10.6. The Labute approximate surface area is 65.3 Å². The van der Waals surface area contributed by atoms with E-state index < -0.39 is 7.82 Å². The van der Waals surface area contributed by atoms with Crippen LogP contribution in [0.3, 0.4) is 0 Å². The molecule has 0 saturated carbocycles. The second-order valence-electron chi connectivity index (χ2n) is 2.03. The highest BCUT2D eigenvalue weighted by Crippen LogP contribution is 2.36. The van der Waals surface area contributed by atoms with Crippen LogP contribution in [0.1, 0.15) is 0 Å². The summed E-state index contributed by atoms with van der Waals surface area (Å²) < 4.78 is 14.4. The van der Waals surface area contributed by atoms with Crippen LogP contribution < -0.4 is 5.32 Å². The molecule has 0 aromatic rings. The molecule has 0 radical (unpaired) electrons. The molecule has 0 heterocycles. The Morgan fingerprint density at radius 3 is 2.55 bits per heavy atom. The fourth-order valence-corrected chi connectivity index (χ4v) is 0.936. The fourth-order valence-electron chi connectivity index (χ4n) is 0.492. The van der Waals surface area contributed by atoms with Gasteiger partial charge in [0.05, 0.1) is 0 Å². The van der Waals surface area contributed by atoms with Crippen molar-refractivity contribution in [3.63, 3.8) is 0 Å². The largest absolute Gasteiger partial charge is 0.486 e. The second-order valence-corrected chi connectivity index (χ2v) is 3.17. The van der Waals surface area contributed by atoms with E-state index in [9.17, 15) is 4.57 Å². The van der Waals surface area contributed by atoms with Gasteiger partial charge in [0.1, 0.15) is 0 Å². The Morgan fingerprint density at radius 2 is 2.18 bits per heavy atom. The first-order valence-corrected chi connectivity index (χ1v) is 4.60. The predicted octanol–water partition coefficient (Wildman–Crippen LogP) is -0.838. The van der Waals surface area contributed by atoms with Gasteiger partial charge in [-0.1, -0.05) is 0 Å². The molecule has 0 unspecified atom stereocenters. The molecule has 0 saturated heterocycles. The zero-order valence-corrected chi connectivity index (χ0v) is 7.41. The van der Waals surface area contributed by atoms with Gasteiger partial charge >= 0.3 is 7.82 Å². The van der Waals surface area contributed by atoms with Crippen molar-refractivity contribution in [1.29, 1.82) is 0 Å². The van der Waals surface area contributed by atoms with Gasteiger partial charge in [-0.3, -0.25) is 0 Å². The normalized spacial score (nSPS) is 12.5. The molecular weight excluding hydrogens is 171 g/mol. The summed E-state index contributed by atoms with van der Waals surface area (Å²) in [6.45, 7) is 1.03. The fraction of sp³-hybridized carbons (Fsp3) is 1.00. The number of nitrogens with zero attached hydrogens (tertiary/aromatic N) is 1. The summed E-state index contributed by atoms with van der Waals surface area (Å²) >= 11 is 0. The average Bonchev–Trinajstić information content (AvgIpc) is 1.79. The first-order chi connectivity index (χ1) is 4.95. The summed E-state index contributed by atoms with van der Waals surface area (Å²) in [5.41, 5.74) is 0. The Hall–Kier alpha value is 0.0300. The summed E-state index contributed by atoms with van der Waals surface area (Å²) in [6.07, 6.45) is 0. The second kappa shape index (κ2) is 4.82. The molecule has 0 bridgehead atoms. The van der Waals surface area contributed by atoms with Crippen molar-refractivity contribution in [2.24, 2.45) is 0 Å². The van der Waals surface area contributed by atoms with Gasteiger partial charge in [0.25, 0.3) is 0 Å². The maximum atomic E-state index is 10.2. The molecule has 0 amide bonds. The summed E-state index contributed by atoms with van der Waals surface area (Å²) in [4.78, 5) is 16.6. The smallest absolute Gasteiger partial charge is 0.318 e. The van der Waals surface area contributed by atoms with E-state index in [2.05, 4.69) is 9.94 Å². The highest BCUT2D eigenvalue weighted by molar-refractivity contribution is 7.46. The molecule has 0 aliphatic heterocycles. The lowest BCUT2D eigenvalue weighted by Gasteiger charge is -2.15. The standard InChI is InChI=1S/C4H13N2O4P/c1-5-3-4-6(2)10-11(7,8)9/h5H,3-4H2,1-2H3,(H2,7,8,9). The van der Waals surface area contributed by atoms with Crippen molar-refractivity contribution in [2.45, 2.75) is 0 Å². The van der Waals surface area contributed by atoms with Crippen LogP contribution in [0.4, 0.5) is 0 Å². The van der Waals surface area contributed by atoms with Crippen molar-refractivity contribution in [1.82, 2.24) is 10.4 Å². The SMILES string of the molecule is CNCCN(C)OP(=O)(O)O. The summed E-state index contributed by atoms with van der Waals surface area (Å²) in [6, 6.07) is 0. The van der Waals surface area contributed by atoms with E-state index in [1.165, 1.54) is 7.05 Å². The van der Waals surface area contributed by atoms with E-state index in [4.69, 9.17) is 9.79 Å². The minimum Gasteiger partial charge on any atom is -0.318 e. The number of nitrogens with one attached hydrogen (secondary N) is 1. The van der Waals surface area contributed by atoms with E-state index in [-0.39, 0.29) is 0 Å². The highest BCUT2D eigenvalue weighted by Gasteiger charge is 2.16. The summed E-state index contributed by atoms with van der Waals surface area (Å²) in [5.74, 6) is 0. The number of hydroxylamine groups is 2. The first kappa shape index (κ1) is 11.0. The topological polar surface area (TPSA) is 82.0 Å². The van der Waals surface area contributed by atoms with Gasteiger partial charge in [-0.15, -0.1) is 0 Å². The van der Waals surface area contributed by atoms with E-state index in [0.29, 0.717) is 13.1 Å². The third-order valence-corrected chi connectivity index (χ3v) is 1.41. The van der Waals surface area contributed by atoms with Gasteiger partial charge in [-0.2, -0.15) is 9.69 Å². The molecule has 0 fully saturated rings. The third kappa shape index (κ3) is 7.93. The molecular formula is C4H13N2O4P. The van der Waals surface area contributed by atoms with Crippen molar-refractivity contribution in [2.75, 3.05) is 27.2 Å². The Kier molecular flexibility index (Phi) is 4.83. The van der Waals surface area contributed by atoms with Crippen LogP contribution in [0.2, 0.25) is 0 Å². The van der Waals surface area contributed by atoms with Gasteiger partial charge in [-0.05, 0) is 7.05 Å². The Bertz CT molecular complexity index is 147. The Balaban J connectivity index is 3.52. The van der Waals surface area contributed by atoms with Gasteiger partial charge in [0.15, 0.2) is 0 Å². The van der Waals surface area contributed by atoms with Crippen LogP contribution in [0.5, 0.6) is 0 Å². The van der Waals surface area contributed by atoms with Crippen LogP contribution in [0, 0.1) is 0 Å².